The molecule has 3 atom stereocenters. The number of carbonyl (C=O) groups excluding carboxylic acids is 3. The Kier molecular flexibility index (Phi) is 5.40. The summed E-state index contributed by atoms with van der Waals surface area (Å²) in [6.45, 7) is 3.58. The summed E-state index contributed by atoms with van der Waals surface area (Å²) in [6.07, 6.45) is 4.98. The van der Waals surface area contributed by atoms with E-state index in [4.69, 9.17) is 4.74 Å². The monoisotopic (exact) mass is 404 g/mol. The standard InChI is InChI=1S/C24H24N2O4/c1-15-6-5-7-19(14-15)30-18-12-10-17(11-13-18)25-22(27)16(2)26-23(28)20-8-3-4-9-21(20)24(26)29/h3-7,10-14,16,20-21H,8-9H2,1-2H3,(H,25,27)/t16-,20-,21-/m0/s1. The fraction of sp³-hybridized carbons (Fsp3) is 0.292. The molecule has 1 aliphatic carbocycles. The average Bonchev–Trinajstić information content (AvgIpc) is 2.99. The molecule has 1 saturated heterocycles. The number of hydrogen-bond acceptors (Lipinski definition) is 4. The number of anilines is 1. The van der Waals surface area contributed by atoms with E-state index < -0.39 is 11.9 Å². The molecule has 0 unspecified atom stereocenters. The van der Waals surface area contributed by atoms with Crippen molar-refractivity contribution < 1.29 is 19.1 Å². The largest absolute Gasteiger partial charge is 0.457 e. The Hall–Kier alpha value is -3.41. The normalized spacial score (nSPS) is 21.3. The van der Waals surface area contributed by atoms with Crippen molar-refractivity contribution in [3.63, 3.8) is 0 Å². The van der Waals surface area contributed by atoms with Crippen molar-refractivity contribution in [2.24, 2.45) is 11.8 Å². The second kappa shape index (κ2) is 8.14. The zero-order valence-corrected chi connectivity index (χ0v) is 17.0. The first-order valence-corrected chi connectivity index (χ1v) is 10.1. The van der Waals surface area contributed by atoms with E-state index >= 15 is 0 Å². The molecule has 4 rings (SSSR count). The molecule has 0 radical (unpaired) electrons. The minimum absolute atomic E-state index is 0.251. The van der Waals surface area contributed by atoms with Gasteiger partial charge in [0.2, 0.25) is 17.7 Å². The molecule has 0 spiro atoms. The number of allylic oxidation sites excluding steroid dienone is 2. The number of imide groups is 1. The van der Waals surface area contributed by atoms with Crippen molar-refractivity contribution >= 4 is 23.4 Å². The van der Waals surface area contributed by atoms with Crippen LogP contribution in [0.5, 0.6) is 11.5 Å². The summed E-state index contributed by atoms with van der Waals surface area (Å²) < 4.78 is 5.81. The van der Waals surface area contributed by atoms with Crippen LogP contribution in [0.1, 0.15) is 25.3 Å². The van der Waals surface area contributed by atoms with E-state index in [-0.39, 0.29) is 23.7 Å². The maximum atomic E-state index is 12.7. The Morgan fingerprint density at radius 3 is 2.23 bits per heavy atom. The third-order valence-corrected chi connectivity index (χ3v) is 5.66. The van der Waals surface area contributed by atoms with Crippen LogP contribution in [0.15, 0.2) is 60.7 Å². The molecule has 6 nitrogen and oxygen atoms in total. The summed E-state index contributed by atoms with van der Waals surface area (Å²) in [5.74, 6) is -0.185. The lowest BCUT2D eigenvalue weighted by molar-refractivity contribution is -0.146. The van der Waals surface area contributed by atoms with Gasteiger partial charge in [0.1, 0.15) is 17.5 Å². The van der Waals surface area contributed by atoms with Crippen LogP contribution in [0.3, 0.4) is 0 Å². The molecule has 1 aliphatic heterocycles. The highest BCUT2D eigenvalue weighted by atomic mass is 16.5. The van der Waals surface area contributed by atoms with E-state index in [0.29, 0.717) is 24.3 Å². The zero-order valence-electron chi connectivity index (χ0n) is 17.0. The lowest BCUT2D eigenvalue weighted by Crippen LogP contribution is -2.46. The summed E-state index contributed by atoms with van der Waals surface area (Å²) in [5.41, 5.74) is 1.67. The van der Waals surface area contributed by atoms with Gasteiger partial charge in [-0.2, -0.15) is 0 Å². The predicted molar refractivity (Wildman–Crippen MR) is 113 cm³/mol. The molecule has 2 aromatic carbocycles. The Labute approximate surface area is 175 Å². The first-order valence-electron chi connectivity index (χ1n) is 10.1. The van der Waals surface area contributed by atoms with E-state index in [1.165, 1.54) is 0 Å². The summed E-state index contributed by atoms with van der Waals surface area (Å²) in [5, 5.41) is 2.78. The first kappa shape index (κ1) is 19.9. The highest BCUT2D eigenvalue weighted by Gasteiger charge is 2.50. The van der Waals surface area contributed by atoms with E-state index in [0.717, 1.165) is 16.2 Å². The molecule has 2 aliphatic rings. The maximum absolute atomic E-state index is 12.7. The number of hydrogen-bond donors (Lipinski definition) is 1. The number of amides is 3. The second-order valence-electron chi connectivity index (χ2n) is 7.81. The molecule has 1 fully saturated rings. The van der Waals surface area contributed by atoms with Gasteiger partial charge in [0.05, 0.1) is 11.8 Å². The zero-order chi connectivity index (χ0) is 21.3. The topological polar surface area (TPSA) is 75.7 Å². The number of carbonyl (C=O) groups is 3. The van der Waals surface area contributed by atoms with Gasteiger partial charge in [-0.05, 0) is 68.7 Å². The van der Waals surface area contributed by atoms with Crippen molar-refractivity contribution in [2.45, 2.75) is 32.7 Å². The van der Waals surface area contributed by atoms with Gasteiger partial charge in [0, 0.05) is 5.69 Å². The number of nitrogens with zero attached hydrogens (tertiary/aromatic N) is 1. The molecule has 30 heavy (non-hydrogen) atoms. The summed E-state index contributed by atoms with van der Waals surface area (Å²) in [7, 11) is 0. The third-order valence-electron chi connectivity index (χ3n) is 5.66. The van der Waals surface area contributed by atoms with Crippen LogP contribution in [0, 0.1) is 18.8 Å². The van der Waals surface area contributed by atoms with Crippen LogP contribution in [-0.2, 0) is 14.4 Å². The fourth-order valence-corrected chi connectivity index (χ4v) is 3.99. The van der Waals surface area contributed by atoms with Crippen LogP contribution < -0.4 is 10.1 Å². The Morgan fingerprint density at radius 1 is 1.00 bits per heavy atom. The second-order valence-corrected chi connectivity index (χ2v) is 7.81. The van der Waals surface area contributed by atoms with Crippen molar-refractivity contribution in [3.8, 4) is 11.5 Å². The van der Waals surface area contributed by atoms with Gasteiger partial charge in [0.15, 0.2) is 0 Å². The number of likely N-dealkylation sites (tertiary alicyclic amines) is 1. The molecule has 2 aromatic rings. The molecule has 1 N–H and O–H groups in total. The molecule has 1 heterocycles. The highest BCUT2D eigenvalue weighted by molar-refractivity contribution is 6.10. The van der Waals surface area contributed by atoms with E-state index in [1.54, 1.807) is 31.2 Å². The van der Waals surface area contributed by atoms with Crippen LogP contribution in [0.4, 0.5) is 5.69 Å². The molecular weight excluding hydrogens is 380 g/mol. The lowest BCUT2D eigenvalue weighted by atomic mass is 9.85. The Bertz CT molecular complexity index is 986. The Morgan fingerprint density at radius 2 is 1.63 bits per heavy atom. The molecule has 6 heteroatoms. The van der Waals surface area contributed by atoms with Gasteiger partial charge >= 0.3 is 0 Å². The maximum Gasteiger partial charge on any atom is 0.247 e. The van der Waals surface area contributed by atoms with E-state index in [9.17, 15) is 14.4 Å². The minimum atomic E-state index is -0.862. The smallest absolute Gasteiger partial charge is 0.247 e. The van der Waals surface area contributed by atoms with Gasteiger partial charge in [-0.15, -0.1) is 0 Å². The quantitative estimate of drug-likeness (QED) is 0.602. The SMILES string of the molecule is Cc1cccc(Oc2ccc(NC(=O)[C@H](C)N3C(=O)[C@H]4CC=CC[C@@H]4C3=O)cc2)c1. The summed E-state index contributed by atoms with van der Waals surface area (Å²) in [6, 6.07) is 13.8. The van der Waals surface area contributed by atoms with Crippen molar-refractivity contribution in [1.82, 2.24) is 4.90 Å². The lowest BCUT2D eigenvalue weighted by Gasteiger charge is -2.22. The van der Waals surface area contributed by atoms with Gasteiger partial charge in [-0.25, -0.2) is 0 Å². The average molecular weight is 404 g/mol. The summed E-state index contributed by atoms with van der Waals surface area (Å²) in [4.78, 5) is 39.2. The summed E-state index contributed by atoms with van der Waals surface area (Å²) >= 11 is 0. The third kappa shape index (κ3) is 3.85. The number of fused-ring (bicyclic) bond motifs is 1. The van der Waals surface area contributed by atoms with Crippen LogP contribution >= 0.6 is 0 Å². The van der Waals surface area contributed by atoms with E-state index in [2.05, 4.69) is 5.32 Å². The number of nitrogens with one attached hydrogen (secondary N) is 1. The van der Waals surface area contributed by atoms with Crippen molar-refractivity contribution in [2.75, 3.05) is 5.32 Å². The van der Waals surface area contributed by atoms with E-state index in [1.807, 2.05) is 43.3 Å². The number of aryl methyl sites for hydroxylation is 1. The molecule has 0 bridgehead atoms. The predicted octanol–water partition coefficient (Wildman–Crippen LogP) is 4.07. The first-order chi connectivity index (χ1) is 14.4. The molecular formula is C24H24N2O4. The van der Waals surface area contributed by atoms with Crippen molar-refractivity contribution in [1.29, 1.82) is 0 Å². The van der Waals surface area contributed by atoms with Gasteiger partial charge in [-0.1, -0.05) is 24.3 Å². The van der Waals surface area contributed by atoms with Crippen LogP contribution in [0.2, 0.25) is 0 Å². The van der Waals surface area contributed by atoms with Crippen LogP contribution in [-0.4, -0.2) is 28.7 Å². The molecule has 154 valence electrons. The number of ether oxygens (including phenoxy) is 1. The van der Waals surface area contributed by atoms with Crippen molar-refractivity contribution in [3.05, 3.63) is 66.2 Å². The Balaban J connectivity index is 1.40. The highest BCUT2D eigenvalue weighted by Crippen LogP contribution is 2.36. The molecule has 3 amide bonds. The van der Waals surface area contributed by atoms with Gasteiger partial charge in [-0.3, -0.25) is 19.3 Å². The van der Waals surface area contributed by atoms with Crippen LogP contribution in [0.25, 0.3) is 0 Å². The van der Waals surface area contributed by atoms with Gasteiger partial charge < -0.3 is 10.1 Å². The fourth-order valence-electron chi connectivity index (χ4n) is 3.99. The molecule has 0 saturated carbocycles. The molecule has 0 aromatic heterocycles. The number of benzene rings is 2. The minimum Gasteiger partial charge on any atom is -0.457 e. The van der Waals surface area contributed by atoms with Gasteiger partial charge in [0.25, 0.3) is 0 Å². The number of rotatable bonds is 5.